The van der Waals surface area contributed by atoms with Crippen molar-refractivity contribution in [3.63, 3.8) is 0 Å². The minimum Gasteiger partial charge on any atom is -0.494 e. The van der Waals surface area contributed by atoms with Crippen molar-refractivity contribution in [2.24, 2.45) is 0 Å². The van der Waals surface area contributed by atoms with Gasteiger partial charge in [-0.15, -0.1) is 0 Å². The molecule has 0 saturated carbocycles. The number of carbonyl (C=O) groups is 1. The van der Waals surface area contributed by atoms with E-state index < -0.39 is 0 Å². The number of aromatic nitrogens is 1. The van der Waals surface area contributed by atoms with Gasteiger partial charge in [0.25, 0.3) is 5.91 Å². The second kappa shape index (κ2) is 10.4. The number of ether oxygens (including phenoxy) is 2. The van der Waals surface area contributed by atoms with Gasteiger partial charge in [0.2, 0.25) is 0 Å². The molecular formula is C27H35N3O3S. The highest BCUT2D eigenvalue weighted by molar-refractivity contribution is 7.22. The Morgan fingerprint density at radius 2 is 1.85 bits per heavy atom. The number of aryl methyl sites for hydroxylation is 1. The van der Waals surface area contributed by atoms with Crippen molar-refractivity contribution < 1.29 is 14.3 Å². The molecule has 1 aromatic heterocycles. The maximum atomic E-state index is 13.7. The Morgan fingerprint density at radius 1 is 1.15 bits per heavy atom. The number of amides is 1. The fourth-order valence-corrected chi connectivity index (χ4v) is 5.28. The highest BCUT2D eigenvalue weighted by atomic mass is 32.1. The molecule has 0 spiro atoms. The Balaban J connectivity index is 1.63. The summed E-state index contributed by atoms with van der Waals surface area (Å²) in [6.45, 7) is 13.6. The van der Waals surface area contributed by atoms with Crippen LogP contribution in [0.3, 0.4) is 0 Å². The van der Waals surface area contributed by atoms with Crippen molar-refractivity contribution in [1.82, 2.24) is 9.88 Å². The number of thiazole rings is 1. The molecular weight excluding hydrogens is 446 g/mol. The molecule has 0 bridgehead atoms. The largest absolute Gasteiger partial charge is 0.494 e. The van der Waals surface area contributed by atoms with E-state index in [-0.39, 0.29) is 11.3 Å². The number of carbonyl (C=O) groups excluding carboxylic acids is 1. The summed E-state index contributed by atoms with van der Waals surface area (Å²) < 4.78 is 12.1. The first-order valence-electron chi connectivity index (χ1n) is 11.9. The molecule has 0 atom stereocenters. The third-order valence-electron chi connectivity index (χ3n) is 6.35. The van der Waals surface area contributed by atoms with Crippen LogP contribution in [0, 0.1) is 6.92 Å². The van der Waals surface area contributed by atoms with Crippen LogP contribution in [0.1, 0.15) is 48.7 Å². The molecule has 0 unspecified atom stereocenters. The van der Waals surface area contributed by atoms with Gasteiger partial charge in [-0.2, -0.15) is 0 Å². The van der Waals surface area contributed by atoms with Crippen molar-refractivity contribution in [3.05, 3.63) is 53.1 Å². The standard InChI is InChI=1S/C27H35N3O3S/c1-19-7-12-22(32-5)23-24(19)34-26(28-23)30(14-6-13-29-15-17-33-18-16-29)25(31)20-8-10-21(11-9-20)27(2,3)4/h7-12H,6,13-18H2,1-5H3. The molecule has 1 saturated heterocycles. The molecule has 2 heterocycles. The topological polar surface area (TPSA) is 54.9 Å². The lowest BCUT2D eigenvalue weighted by Crippen LogP contribution is -2.39. The number of methoxy groups -OCH3 is 1. The van der Waals surface area contributed by atoms with Crippen LogP contribution in [0.15, 0.2) is 36.4 Å². The maximum absolute atomic E-state index is 13.7. The Labute approximate surface area is 206 Å². The summed E-state index contributed by atoms with van der Waals surface area (Å²) in [7, 11) is 1.66. The van der Waals surface area contributed by atoms with Crippen molar-refractivity contribution >= 4 is 32.6 Å². The van der Waals surface area contributed by atoms with Gasteiger partial charge < -0.3 is 9.47 Å². The summed E-state index contributed by atoms with van der Waals surface area (Å²) >= 11 is 1.56. The van der Waals surface area contributed by atoms with E-state index in [0.29, 0.717) is 12.1 Å². The smallest absolute Gasteiger partial charge is 0.260 e. The third kappa shape index (κ3) is 5.43. The van der Waals surface area contributed by atoms with E-state index in [0.717, 1.165) is 65.9 Å². The fourth-order valence-electron chi connectivity index (χ4n) is 4.21. The van der Waals surface area contributed by atoms with E-state index in [4.69, 9.17) is 14.5 Å². The molecule has 1 fully saturated rings. The van der Waals surface area contributed by atoms with Crippen molar-refractivity contribution in [2.75, 3.05) is 51.4 Å². The van der Waals surface area contributed by atoms with Gasteiger partial charge >= 0.3 is 0 Å². The minimum atomic E-state index is -0.0156. The zero-order valence-electron chi connectivity index (χ0n) is 20.9. The zero-order chi connectivity index (χ0) is 24.3. The quantitative estimate of drug-likeness (QED) is 0.460. The normalized spacial score (nSPS) is 15.0. The highest BCUT2D eigenvalue weighted by Crippen LogP contribution is 2.37. The fraction of sp³-hybridized carbons (Fsp3) is 0.481. The van der Waals surface area contributed by atoms with Gasteiger partial charge in [-0.25, -0.2) is 4.98 Å². The summed E-state index contributed by atoms with van der Waals surface area (Å²) in [5, 5.41) is 0.717. The molecule has 182 valence electrons. The average Bonchev–Trinajstić information content (AvgIpc) is 3.28. The molecule has 7 heteroatoms. The molecule has 0 radical (unpaired) electrons. The van der Waals surface area contributed by atoms with Gasteiger partial charge in [-0.3, -0.25) is 14.6 Å². The number of benzene rings is 2. The van der Waals surface area contributed by atoms with Gasteiger partial charge in [-0.1, -0.05) is 50.3 Å². The first-order valence-corrected chi connectivity index (χ1v) is 12.8. The number of morpholine rings is 1. The summed E-state index contributed by atoms with van der Waals surface area (Å²) in [5.41, 5.74) is 3.89. The highest BCUT2D eigenvalue weighted by Gasteiger charge is 2.24. The predicted octanol–water partition coefficient (Wildman–Crippen LogP) is 5.28. The van der Waals surface area contributed by atoms with E-state index >= 15 is 0 Å². The first kappa shape index (κ1) is 24.6. The van der Waals surface area contributed by atoms with Crippen molar-refractivity contribution in [3.8, 4) is 5.75 Å². The number of hydrogen-bond donors (Lipinski definition) is 0. The second-order valence-corrected chi connectivity index (χ2v) is 10.8. The van der Waals surface area contributed by atoms with Crippen LogP contribution in [-0.2, 0) is 10.2 Å². The Bertz CT molecular complexity index is 1130. The monoisotopic (exact) mass is 481 g/mol. The maximum Gasteiger partial charge on any atom is 0.260 e. The molecule has 0 aliphatic carbocycles. The summed E-state index contributed by atoms with van der Waals surface area (Å²) in [4.78, 5) is 22.9. The number of hydrogen-bond acceptors (Lipinski definition) is 6. The van der Waals surface area contributed by atoms with Crippen LogP contribution < -0.4 is 9.64 Å². The second-order valence-electron chi connectivity index (χ2n) is 9.85. The molecule has 6 nitrogen and oxygen atoms in total. The van der Waals surface area contributed by atoms with E-state index in [1.807, 2.05) is 29.2 Å². The van der Waals surface area contributed by atoms with Crippen molar-refractivity contribution in [1.29, 1.82) is 0 Å². The van der Waals surface area contributed by atoms with E-state index in [1.165, 1.54) is 5.56 Å². The molecule has 1 aliphatic heterocycles. The summed E-state index contributed by atoms with van der Waals surface area (Å²) in [5.74, 6) is 0.719. The van der Waals surface area contributed by atoms with Crippen LogP contribution >= 0.6 is 11.3 Å². The molecule has 2 aromatic carbocycles. The number of anilines is 1. The minimum absolute atomic E-state index is 0.0156. The lowest BCUT2D eigenvalue weighted by molar-refractivity contribution is 0.0376. The number of fused-ring (bicyclic) bond motifs is 1. The SMILES string of the molecule is COc1ccc(C)c2sc(N(CCCN3CCOCC3)C(=O)c3ccc(C(C)(C)C)cc3)nc12. The number of nitrogens with zero attached hydrogens (tertiary/aromatic N) is 3. The van der Waals surface area contributed by atoms with Crippen LogP contribution in [0.25, 0.3) is 10.2 Å². The van der Waals surface area contributed by atoms with Crippen LogP contribution in [-0.4, -0.2) is 62.3 Å². The molecule has 1 amide bonds. The summed E-state index contributed by atoms with van der Waals surface area (Å²) in [6, 6.07) is 12.0. The predicted molar refractivity (Wildman–Crippen MR) is 140 cm³/mol. The summed E-state index contributed by atoms with van der Waals surface area (Å²) in [6.07, 6.45) is 0.873. The van der Waals surface area contributed by atoms with E-state index in [1.54, 1.807) is 18.4 Å². The molecule has 4 rings (SSSR count). The van der Waals surface area contributed by atoms with Gasteiger partial charge in [0.1, 0.15) is 11.3 Å². The zero-order valence-corrected chi connectivity index (χ0v) is 21.7. The van der Waals surface area contributed by atoms with E-state index in [9.17, 15) is 4.79 Å². The van der Waals surface area contributed by atoms with Gasteiger partial charge in [0.05, 0.1) is 25.0 Å². The van der Waals surface area contributed by atoms with Gasteiger partial charge in [0.15, 0.2) is 5.13 Å². The number of rotatable bonds is 7. The Kier molecular flexibility index (Phi) is 7.55. The van der Waals surface area contributed by atoms with Crippen LogP contribution in [0.5, 0.6) is 5.75 Å². The lowest BCUT2D eigenvalue weighted by Gasteiger charge is -2.28. The molecule has 34 heavy (non-hydrogen) atoms. The molecule has 0 N–H and O–H groups in total. The molecule has 3 aromatic rings. The van der Waals surface area contributed by atoms with Crippen molar-refractivity contribution in [2.45, 2.75) is 39.5 Å². The van der Waals surface area contributed by atoms with Crippen LogP contribution in [0.4, 0.5) is 5.13 Å². The van der Waals surface area contributed by atoms with Gasteiger partial charge in [0, 0.05) is 31.7 Å². The van der Waals surface area contributed by atoms with Crippen LogP contribution in [0.2, 0.25) is 0 Å². The Morgan fingerprint density at radius 3 is 2.50 bits per heavy atom. The first-order chi connectivity index (χ1) is 16.3. The third-order valence-corrected chi connectivity index (χ3v) is 7.56. The van der Waals surface area contributed by atoms with Gasteiger partial charge in [-0.05, 0) is 48.1 Å². The Hall–Kier alpha value is -2.48. The van der Waals surface area contributed by atoms with E-state index in [2.05, 4.69) is 44.7 Å². The lowest BCUT2D eigenvalue weighted by atomic mass is 9.86. The molecule has 1 aliphatic rings. The average molecular weight is 482 g/mol.